The van der Waals surface area contributed by atoms with Gasteiger partial charge in [-0.1, -0.05) is 0 Å². The van der Waals surface area contributed by atoms with Gasteiger partial charge in [-0.15, -0.1) is 10.2 Å². The highest BCUT2D eigenvalue weighted by Crippen LogP contribution is 2.18. The molecule has 0 fully saturated rings. The smallest absolute Gasteiger partial charge is 0.358 e. The number of rotatable bonds is 6. The summed E-state index contributed by atoms with van der Waals surface area (Å²) in [6.45, 7) is 1.73. The summed E-state index contributed by atoms with van der Waals surface area (Å²) in [5.74, 6) is -0.279. The second-order valence-corrected chi connectivity index (χ2v) is 5.54. The van der Waals surface area contributed by atoms with E-state index in [4.69, 9.17) is 0 Å². The molecule has 2 heterocycles. The summed E-state index contributed by atoms with van der Waals surface area (Å²) in [4.78, 5) is 27.4. The minimum atomic E-state index is -0.547. The Bertz CT molecular complexity index is 909. The number of hydrogen-bond donors (Lipinski definition) is 2. The van der Waals surface area contributed by atoms with Gasteiger partial charge < -0.3 is 15.4 Å². The van der Waals surface area contributed by atoms with Crippen molar-refractivity contribution in [3.63, 3.8) is 0 Å². The Morgan fingerprint density at radius 1 is 1.07 bits per heavy atom. The lowest BCUT2D eigenvalue weighted by atomic mass is 10.2. The maximum atomic E-state index is 12.2. The van der Waals surface area contributed by atoms with Crippen molar-refractivity contribution in [1.82, 2.24) is 25.0 Å². The van der Waals surface area contributed by atoms with Crippen LogP contribution >= 0.6 is 0 Å². The van der Waals surface area contributed by atoms with Crippen LogP contribution in [-0.4, -0.2) is 43.9 Å². The lowest BCUT2D eigenvalue weighted by Gasteiger charge is -2.12. The van der Waals surface area contributed by atoms with Gasteiger partial charge in [0.25, 0.3) is 0 Å². The quantitative estimate of drug-likeness (QED) is 0.632. The number of ether oxygens (including phenoxy) is 1. The summed E-state index contributed by atoms with van der Waals surface area (Å²) < 4.78 is 6.05. The van der Waals surface area contributed by atoms with E-state index < -0.39 is 12.0 Å². The molecule has 2 aromatic heterocycles. The predicted molar refractivity (Wildman–Crippen MR) is 96.5 cm³/mol. The number of aromatic nitrogens is 5. The van der Waals surface area contributed by atoms with Crippen molar-refractivity contribution in [2.24, 2.45) is 0 Å². The Labute approximate surface area is 154 Å². The van der Waals surface area contributed by atoms with E-state index in [9.17, 15) is 9.59 Å². The fourth-order valence-corrected chi connectivity index (χ4v) is 2.18. The number of anilines is 3. The van der Waals surface area contributed by atoms with Gasteiger partial charge in [0.05, 0.1) is 7.11 Å². The lowest BCUT2D eigenvalue weighted by Crippen LogP contribution is -2.23. The molecule has 3 aromatic rings. The maximum Gasteiger partial charge on any atom is 0.358 e. The first kappa shape index (κ1) is 18.0. The van der Waals surface area contributed by atoms with Gasteiger partial charge >= 0.3 is 5.97 Å². The van der Waals surface area contributed by atoms with Crippen LogP contribution in [0.25, 0.3) is 0 Å². The van der Waals surface area contributed by atoms with Crippen LogP contribution in [0.4, 0.5) is 17.2 Å². The molecule has 1 amide bonds. The molecule has 0 spiro atoms. The Balaban J connectivity index is 1.60. The first-order chi connectivity index (χ1) is 13.1. The van der Waals surface area contributed by atoms with E-state index in [0.717, 1.165) is 5.69 Å². The molecule has 138 valence electrons. The van der Waals surface area contributed by atoms with Gasteiger partial charge in [-0.3, -0.25) is 4.79 Å². The van der Waals surface area contributed by atoms with Crippen LogP contribution in [0, 0.1) is 0 Å². The van der Waals surface area contributed by atoms with Gasteiger partial charge in [-0.25, -0.2) is 14.5 Å². The highest BCUT2D eigenvalue weighted by atomic mass is 16.5. The van der Waals surface area contributed by atoms with Crippen molar-refractivity contribution in [1.29, 1.82) is 0 Å². The number of methoxy groups -OCH3 is 1. The molecule has 0 aliphatic rings. The van der Waals surface area contributed by atoms with Crippen molar-refractivity contribution in [2.75, 3.05) is 17.7 Å². The monoisotopic (exact) mass is 367 g/mol. The molecule has 1 aromatic carbocycles. The molecular weight excluding hydrogens is 350 g/mol. The lowest BCUT2D eigenvalue weighted by molar-refractivity contribution is -0.119. The highest BCUT2D eigenvalue weighted by molar-refractivity contribution is 5.93. The minimum Gasteiger partial charge on any atom is -0.464 e. The largest absolute Gasteiger partial charge is 0.464 e. The molecule has 3 rings (SSSR count). The van der Waals surface area contributed by atoms with E-state index in [-0.39, 0.29) is 11.6 Å². The summed E-state index contributed by atoms with van der Waals surface area (Å²) in [5.41, 5.74) is 1.52. The Morgan fingerprint density at radius 3 is 2.41 bits per heavy atom. The van der Waals surface area contributed by atoms with Crippen molar-refractivity contribution >= 4 is 29.1 Å². The van der Waals surface area contributed by atoms with Crippen molar-refractivity contribution in [2.45, 2.75) is 13.0 Å². The standard InChI is InChI=1S/C17H17N7O3/c1-11(24-10-18-9-19-24)16(25)21-13-5-3-12(4-6-13)20-15-8-7-14(22-23-15)17(26)27-2/h3-11H,1-2H3,(H,20,23)(H,21,25)/t11-/m1/s1. The van der Waals surface area contributed by atoms with Crippen LogP contribution in [0.2, 0.25) is 0 Å². The van der Waals surface area contributed by atoms with Gasteiger partial charge in [0.2, 0.25) is 5.91 Å². The molecule has 1 atom stereocenters. The fourth-order valence-electron chi connectivity index (χ4n) is 2.18. The fraction of sp³-hybridized carbons (Fsp3) is 0.176. The summed E-state index contributed by atoms with van der Waals surface area (Å²) in [6.07, 6.45) is 2.87. The zero-order valence-corrected chi connectivity index (χ0v) is 14.7. The molecule has 0 unspecified atom stereocenters. The Kier molecular flexibility index (Phi) is 5.36. The first-order valence-electron chi connectivity index (χ1n) is 8.01. The predicted octanol–water partition coefficient (Wildman–Crippen LogP) is 1.80. The van der Waals surface area contributed by atoms with E-state index in [2.05, 4.69) is 35.7 Å². The summed E-state index contributed by atoms with van der Waals surface area (Å²) in [6, 6.07) is 9.73. The van der Waals surface area contributed by atoms with Gasteiger partial charge in [0.15, 0.2) is 11.5 Å². The molecule has 0 aliphatic heterocycles. The molecule has 0 aliphatic carbocycles. The zero-order chi connectivity index (χ0) is 19.2. The molecule has 0 radical (unpaired) electrons. The number of esters is 1. The third kappa shape index (κ3) is 4.42. The molecule has 10 nitrogen and oxygen atoms in total. The normalized spacial score (nSPS) is 11.5. The Hall–Kier alpha value is -3.82. The van der Waals surface area contributed by atoms with E-state index in [1.165, 1.54) is 30.5 Å². The number of carbonyl (C=O) groups is 2. The molecular formula is C17H17N7O3. The molecule has 0 bridgehead atoms. The summed E-state index contributed by atoms with van der Waals surface area (Å²) in [7, 11) is 1.28. The average molecular weight is 367 g/mol. The van der Waals surface area contributed by atoms with Crippen molar-refractivity contribution < 1.29 is 14.3 Å². The first-order valence-corrected chi connectivity index (χ1v) is 8.01. The van der Waals surface area contributed by atoms with Gasteiger partial charge in [0.1, 0.15) is 18.7 Å². The topological polar surface area (TPSA) is 124 Å². The van der Waals surface area contributed by atoms with Crippen molar-refractivity contribution in [3.8, 4) is 0 Å². The van der Waals surface area contributed by atoms with Gasteiger partial charge in [-0.05, 0) is 43.3 Å². The molecule has 2 N–H and O–H groups in total. The van der Waals surface area contributed by atoms with Crippen molar-refractivity contribution in [3.05, 3.63) is 54.7 Å². The summed E-state index contributed by atoms with van der Waals surface area (Å²) >= 11 is 0. The number of carbonyl (C=O) groups excluding carboxylic acids is 2. The van der Waals surface area contributed by atoms with Crippen LogP contribution in [0.3, 0.4) is 0 Å². The molecule has 27 heavy (non-hydrogen) atoms. The van der Waals surface area contributed by atoms with E-state index in [0.29, 0.717) is 11.5 Å². The van der Waals surface area contributed by atoms with E-state index in [1.807, 2.05) is 0 Å². The third-order valence-corrected chi connectivity index (χ3v) is 3.70. The molecule has 0 saturated carbocycles. The molecule has 10 heteroatoms. The number of hydrogen-bond acceptors (Lipinski definition) is 8. The second kappa shape index (κ2) is 8.04. The number of nitrogens with one attached hydrogen (secondary N) is 2. The van der Waals surface area contributed by atoms with E-state index >= 15 is 0 Å². The zero-order valence-electron chi connectivity index (χ0n) is 14.7. The number of amides is 1. The third-order valence-electron chi connectivity index (χ3n) is 3.70. The van der Waals surface area contributed by atoms with Gasteiger partial charge in [-0.2, -0.15) is 5.10 Å². The van der Waals surface area contributed by atoms with Gasteiger partial charge in [0, 0.05) is 11.4 Å². The van der Waals surface area contributed by atoms with Crippen LogP contribution in [0.5, 0.6) is 0 Å². The van der Waals surface area contributed by atoms with Crippen LogP contribution in [0.15, 0.2) is 49.1 Å². The second-order valence-electron chi connectivity index (χ2n) is 5.54. The number of benzene rings is 1. The van der Waals surface area contributed by atoms with E-state index in [1.54, 1.807) is 37.3 Å². The summed E-state index contributed by atoms with van der Waals surface area (Å²) in [5, 5.41) is 17.5. The molecule has 0 saturated heterocycles. The number of nitrogens with zero attached hydrogens (tertiary/aromatic N) is 5. The average Bonchev–Trinajstić information content (AvgIpc) is 3.23. The minimum absolute atomic E-state index is 0.127. The van der Waals surface area contributed by atoms with Crippen LogP contribution in [-0.2, 0) is 9.53 Å². The Morgan fingerprint density at radius 2 is 1.81 bits per heavy atom. The highest BCUT2D eigenvalue weighted by Gasteiger charge is 2.15. The van der Waals surface area contributed by atoms with Crippen LogP contribution < -0.4 is 10.6 Å². The van der Waals surface area contributed by atoms with Crippen LogP contribution in [0.1, 0.15) is 23.5 Å². The maximum absolute atomic E-state index is 12.2. The SMILES string of the molecule is COC(=O)c1ccc(Nc2ccc(NC(=O)[C@@H](C)n3cncn3)cc2)nn1.